The molecular weight excluding hydrogens is 364 g/mol. The molecular formula is C21H20O7. The highest BCUT2D eigenvalue weighted by Gasteiger charge is 2.31. The number of fused-ring (bicyclic) bond motifs is 1. The van der Waals surface area contributed by atoms with E-state index in [2.05, 4.69) is 0 Å². The number of ether oxygens (including phenoxy) is 5. The Morgan fingerprint density at radius 3 is 2.57 bits per heavy atom. The van der Waals surface area contributed by atoms with Crippen LogP contribution < -0.4 is 18.9 Å². The normalized spacial score (nSPS) is 16.2. The molecule has 0 fully saturated rings. The van der Waals surface area contributed by atoms with Crippen LogP contribution in [0.3, 0.4) is 0 Å². The Balaban J connectivity index is 1.64. The predicted molar refractivity (Wildman–Crippen MR) is 98.8 cm³/mol. The SMILES string of the molecule is COc1ccc(CC2=C([C@H](O)c3ccc4c(c3)OCO4)COC2=O)cc1OC. The van der Waals surface area contributed by atoms with Gasteiger partial charge in [0.2, 0.25) is 6.79 Å². The van der Waals surface area contributed by atoms with Gasteiger partial charge in [-0.3, -0.25) is 0 Å². The van der Waals surface area contributed by atoms with Gasteiger partial charge in [0.25, 0.3) is 0 Å². The summed E-state index contributed by atoms with van der Waals surface area (Å²) in [5.41, 5.74) is 2.44. The second kappa shape index (κ2) is 7.44. The molecule has 2 aromatic rings. The quantitative estimate of drug-likeness (QED) is 0.767. The number of cyclic esters (lactones) is 1. The number of aliphatic hydroxyl groups excluding tert-OH is 1. The van der Waals surface area contributed by atoms with Crippen LogP contribution in [0.25, 0.3) is 0 Å². The van der Waals surface area contributed by atoms with Crippen molar-refractivity contribution in [3.8, 4) is 23.0 Å². The number of rotatable bonds is 6. The molecule has 146 valence electrons. The number of carbonyl (C=O) groups excluding carboxylic acids is 1. The summed E-state index contributed by atoms with van der Waals surface area (Å²) in [5, 5.41) is 10.9. The van der Waals surface area contributed by atoms with Crippen LogP contribution in [-0.4, -0.2) is 38.7 Å². The van der Waals surface area contributed by atoms with Crippen molar-refractivity contribution in [3.05, 3.63) is 58.7 Å². The fourth-order valence-corrected chi connectivity index (χ4v) is 3.36. The number of methoxy groups -OCH3 is 2. The van der Waals surface area contributed by atoms with Gasteiger partial charge in [-0.2, -0.15) is 0 Å². The van der Waals surface area contributed by atoms with E-state index < -0.39 is 12.1 Å². The van der Waals surface area contributed by atoms with Crippen LogP contribution in [0, 0.1) is 0 Å². The molecule has 0 saturated carbocycles. The van der Waals surface area contributed by atoms with Crippen LogP contribution in [0.5, 0.6) is 23.0 Å². The van der Waals surface area contributed by atoms with Crippen LogP contribution in [0.15, 0.2) is 47.5 Å². The van der Waals surface area contributed by atoms with Crippen LogP contribution in [0.1, 0.15) is 17.2 Å². The lowest BCUT2D eigenvalue weighted by Gasteiger charge is -2.14. The molecule has 7 nitrogen and oxygen atoms in total. The zero-order chi connectivity index (χ0) is 19.7. The lowest BCUT2D eigenvalue weighted by molar-refractivity contribution is -0.136. The van der Waals surface area contributed by atoms with Gasteiger partial charge >= 0.3 is 5.97 Å². The average molecular weight is 384 g/mol. The third-order valence-electron chi connectivity index (χ3n) is 4.86. The van der Waals surface area contributed by atoms with Gasteiger partial charge in [-0.1, -0.05) is 12.1 Å². The van der Waals surface area contributed by atoms with Crippen molar-refractivity contribution in [1.82, 2.24) is 0 Å². The second-order valence-electron chi connectivity index (χ2n) is 6.46. The Kier molecular flexibility index (Phi) is 4.83. The third-order valence-corrected chi connectivity index (χ3v) is 4.86. The van der Waals surface area contributed by atoms with Crippen LogP contribution in [0.4, 0.5) is 0 Å². The molecule has 0 aromatic heterocycles. The first-order chi connectivity index (χ1) is 13.6. The van der Waals surface area contributed by atoms with Gasteiger partial charge in [-0.05, 0) is 35.4 Å². The summed E-state index contributed by atoms with van der Waals surface area (Å²) in [4.78, 5) is 12.3. The van der Waals surface area contributed by atoms with E-state index in [0.717, 1.165) is 5.56 Å². The van der Waals surface area contributed by atoms with E-state index in [1.54, 1.807) is 38.5 Å². The van der Waals surface area contributed by atoms with Crippen LogP contribution in [-0.2, 0) is 16.0 Å². The van der Waals surface area contributed by atoms with E-state index in [0.29, 0.717) is 46.1 Å². The molecule has 2 aliphatic rings. The van der Waals surface area contributed by atoms with E-state index in [9.17, 15) is 9.90 Å². The number of esters is 1. The number of hydrogen-bond acceptors (Lipinski definition) is 7. The maximum Gasteiger partial charge on any atom is 0.334 e. The highest BCUT2D eigenvalue weighted by molar-refractivity contribution is 5.92. The lowest BCUT2D eigenvalue weighted by atomic mass is 9.94. The molecule has 0 bridgehead atoms. The molecule has 0 amide bonds. The zero-order valence-corrected chi connectivity index (χ0v) is 15.6. The Morgan fingerprint density at radius 1 is 1.00 bits per heavy atom. The first-order valence-corrected chi connectivity index (χ1v) is 8.78. The van der Waals surface area contributed by atoms with Gasteiger partial charge in [0.15, 0.2) is 23.0 Å². The summed E-state index contributed by atoms with van der Waals surface area (Å²) < 4.78 is 26.4. The summed E-state index contributed by atoms with van der Waals surface area (Å²) in [6.07, 6.45) is -0.660. The zero-order valence-electron chi connectivity index (χ0n) is 15.6. The van der Waals surface area contributed by atoms with E-state index >= 15 is 0 Å². The maximum atomic E-state index is 12.3. The van der Waals surface area contributed by atoms with Gasteiger partial charge in [0, 0.05) is 17.6 Å². The molecule has 4 rings (SSSR count). The van der Waals surface area contributed by atoms with E-state index in [1.165, 1.54) is 0 Å². The van der Waals surface area contributed by atoms with E-state index in [1.807, 2.05) is 12.1 Å². The lowest BCUT2D eigenvalue weighted by Crippen LogP contribution is -2.07. The van der Waals surface area contributed by atoms with Crippen LogP contribution >= 0.6 is 0 Å². The van der Waals surface area contributed by atoms with E-state index in [-0.39, 0.29) is 13.4 Å². The van der Waals surface area contributed by atoms with Crippen molar-refractivity contribution in [2.75, 3.05) is 27.6 Å². The summed E-state index contributed by atoms with van der Waals surface area (Å²) >= 11 is 0. The number of aliphatic hydroxyl groups is 1. The first kappa shape index (κ1) is 18.2. The highest BCUT2D eigenvalue weighted by Crippen LogP contribution is 2.38. The molecule has 0 radical (unpaired) electrons. The minimum absolute atomic E-state index is 0.0526. The summed E-state index contributed by atoms with van der Waals surface area (Å²) in [7, 11) is 3.12. The van der Waals surface area contributed by atoms with Gasteiger partial charge in [-0.25, -0.2) is 4.79 Å². The van der Waals surface area contributed by atoms with Crippen molar-refractivity contribution in [2.24, 2.45) is 0 Å². The third kappa shape index (κ3) is 3.25. The van der Waals surface area contributed by atoms with Crippen LogP contribution in [0.2, 0.25) is 0 Å². The predicted octanol–water partition coefficient (Wildman–Crippen LogP) is 2.56. The summed E-state index contributed by atoms with van der Waals surface area (Å²) in [6, 6.07) is 10.7. The molecule has 28 heavy (non-hydrogen) atoms. The minimum Gasteiger partial charge on any atom is -0.493 e. The molecule has 2 aliphatic heterocycles. The fourth-order valence-electron chi connectivity index (χ4n) is 3.36. The van der Waals surface area contributed by atoms with Gasteiger partial charge in [0.1, 0.15) is 12.7 Å². The first-order valence-electron chi connectivity index (χ1n) is 8.78. The summed E-state index contributed by atoms with van der Waals surface area (Å²) in [6.45, 7) is 0.209. The Morgan fingerprint density at radius 2 is 1.79 bits per heavy atom. The highest BCUT2D eigenvalue weighted by atomic mass is 16.7. The molecule has 0 saturated heterocycles. The smallest absolute Gasteiger partial charge is 0.334 e. The Labute approximate surface area is 162 Å². The van der Waals surface area contributed by atoms with Crippen molar-refractivity contribution < 1.29 is 33.6 Å². The average Bonchev–Trinajstić information content (AvgIpc) is 3.33. The maximum absolute atomic E-state index is 12.3. The van der Waals surface area contributed by atoms with Crippen molar-refractivity contribution >= 4 is 5.97 Å². The van der Waals surface area contributed by atoms with Gasteiger partial charge < -0.3 is 28.8 Å². The van der Waals surface area contributed by atoms with Gasteiger partial charge in [0.05, 0.1) is 14.2 Å². The monoisotopic (exact) mass is 384 g/mol. The molecule has 0 spiro atoms. The largest absolute Gasteiger partial charge is 0.493 e. The van der Waals surface area contributed by atoms with Crippen molar-refractivity contribution in [2.45, 2.75) is 12.5 Å². The summed E-state index contributed by atoms with van der Waals surface area (Å²) in [5.74, 6) is 1.96. The molecule has 2 heterocycles. The van der Waals surface area contributed by atoms with Gasteiger partial charge in [-0.15, -0.1) is 0 Å². The van der Waals surface area contributed by atoms with E-state index in [4.69, 9.17) is 23.7 Å². The Bertz CT molecular complexity index is 948. The molecule has 1 atom stereocenters. The van der Waals surface area contributed by atoms with Crippen molar-refractivity contribution in [3.63, 3.8) is 0 Å². The fraction of sp³-hybridized carbons (Fsp3) is 0.286. The van der Waals surface area contributed by atoms with Crippen molar-refractivity contribution in [1.29, 1.82) is 0 Å². The molecule has 2 aromatic carbocycles. The minimum atomic E-state index is -0.976. The Hall–Kier alpha value is -3.19. The number of benzene rings is 2. The molecule has 1 N–H and O–H groups in total. The second-order valence-corrected chi connectivity index (χ2v) is 6.46. The molecule has 7 heteroatoms. The number of hydrogen-bond donors (Lipinski definition) is 1. The topological polar surface area (TPSA) is 83.5 Å². The molecule has 0 unspecified atom stereocenters. The molecule has 0 aliphatic carbocycles. The number of carbonyl (C=O) groups is 1. The standard InChI is InChI=1S/C21H20O7/c1-24-16-5-3-12(8-18(16)25-2)7-14-15(10-26-21(14)23)20(22)13-4-6-17-19(9-13)28-11-27-17/h3-6,8-9,20,22H,7,10-11H2,1-2H3/t20-/m1/s1.